The summed E-state index contributed by atoms with van der Waals surface area (Å²) in [5.41, 5.74) is 1.94. The highest BCUT2D eigenvalue weighted by Gasteiger charge is 2.33. The summed E-state index contributed by atoms with van der Waals surface area (Å²) in [6.45, 7) is 9.61. The van der Waals surface area contributed by atoms with Gasteiger partial charge in [0.1, 0.15) is 5.60 Å². The number of ether oxygens (including phenoxy) is 1. The van der Waals surface area contributed by atoms with E-state index in [0.717, 1.165) is 12.8 Å². The number of benzene rings is 1. The molecule has 0 fully saturated rings. The molecular formula is C17H22ClNO2. The number of carbonyl (C=O) groups is 1. The molecule has 1 aromatic rings. The highest BCUT2D eigenvalue weighted by Crippen LogP contribution is 2.36. The molecule has 0 radical (unpaired) electrons. The molecule has 0 aliphatic heterocycles. The number of fused-ring (bicyclic) bond motifs is 1. The first kappa shape index (κ1) is 15.9. The fraction of sp³-hybridized carbons (Fsp3) is 0.471. The molecule has 3 nitrogen and oxygen atoms in total. The van der Waals surface area contributed by atoms with Gasteiger partial charge in [-0.1, -0.05) is 42.4 Å². The van der Waals surface area contributed by atoms with Crippen molar-refractivity contribution >= 4 is 17.7 Å². The largest absolute Gasteiger partial charge is 0.444 e. The van der Waals surface area contributed by atoms with Crippen molar-refractivity contribution in [3.63, 3.8) is 0 Å². The van der Waals surface area contributed by atoms with Crippen LogP contribution in [0.1, 0.15) is 44.4 Å². The van der Waals surface area contributed by atoms with Crippen LogP contribution in [0.3, 0.4) is 0 Å². The second-order valence-electron chi connectivity index (χ2n) is 6.38. The van der Waals surface area contributed by atoms with Crippen LogP contribution in [0.4, 0.5) is 4.79 Å². The number of aryl methyl sites for hydroxylation is 1. The van der Waals surface area contributed by atoms with Crippen molar-refractivity contribution in [2.45, 2.75) is 45.3 Å². The number of halogens is 1. The Morgan fingerprint density at radius 2 is 2.10 bits per heavy atom. The summed E-state index contributed by atoms with van der Waals surface area (Å²) < 4.78 is 5.52. The predicted molar refractivity (Wildman–Crippen MR) is 85.4 cm³/mol. The molecule has 0 heterocycles. The van der Waals surface area contributed by atoms with Crippen LogP contribution in [-0.4, -0.2) is 23.1 Å². The summed E-state index contributed by atoms with van der Waals surface area (Å²) in [6.07, 6.45) is 1.52. The lowest BCUT2D eigenvalue weighted by molar-refractivity contribution is 0.0183. The lowest BCUT2D eigenvalue weighted by atomic mass is 10.1. The number of amides is 1. The van der Waals surface area contributed by atoms with Gasteiger partial charge in [0.2, 0.25) is 0 Å². The number of hydrogen-bond donors (Lipinski definition) is 0. The van der Waals surface area contributed by atoms with E-state index >= 15 is 0 Å². The fourth-order valence-electron chi connectivity index (χ4n) is 2.67. The van der Waals surface area contributed by atoms with Crippen molar-refractivity contribution in [1.82, 2.24) is 4.90 Å². The molecular weight excluding hydrogens is 286 g/mol. The Hall–Kier alpha value is -1.48. The summed E-state index contributed by atoms with van der Waals surface area (Å²) in [5, 5.41) is 0.435. The Morgan fingerprint density at radius 1 is 1.43 bits per heavy atom. The van der Waals surface area contributed by atoms with Crippen LogP contribution in [0.25, 0.3) is 0 Å². The molecule has 0 aromatic heterocycles. The van der Waals surface area contributed by atoms with E-state index < -0.39 is 5.60 Å². The normalized spacial score (nSPS) is 17.2. The van der Waals surface area contributed by atoms with Gasteiger partial charge in [-0.15, -0.1) is 0 Å². The maximum Gasteiger partial charge on any atom is 0.411 e. The van der Waals surface area contributed by atoms with Crippen molar-refractivity contribution in [3.05, 3.63) is 47.0 Å². The molecule has 1 atom stereocenters. The van der Waals surface area contributed by atoms with Crippen LogP contribution in [0.15, 0.2) is 35.9 Å². The minimum absolute atomic E-state index is 0.00606. The first-order valence-corrected chi connectivity index (χ1v) is 7.56. The van der Waals surface area contributed by atoms with Crippen LogP contribution < -0.4 is 0 Å². The topological polar surface area (TPSA) is 29.5 Å². The maximum atomic E-state index is 12.5. The minimum Gasteiger partial charge on any atom is -0.444 e. The summed E-state index contributed by atoms with van der Waals surface area (Å²) >= 11 is 5.95. The van der Waals surface area contributed by atoms with Crippen LogP contribution in [0, 0.1) is 0 Å². The highest BCUT2D eigenvalue weighted by molar-refractivity contribution is 6.29. The molecule has 1 aliphatic rings. The first-order valence-electron chi connectivity index (χ1n) is 7.18. The summed E-state index contributed by atoms with van der Waals surface area (Å²) in [5.74, 6) is 0. The Kier molecular flexibility index (Phi) is 4.62. The van der Waals surface area contributed by atoms with Gasteiger partial charge in [0.15, 0.2) is 0 Å². The molecule has 0 spiro atoms. The monoisotopic (exact) mass is 307 g/mol. The third-order valence-electron chi connectivity index (χ3n) is 3.45. The van der Waals surface area contributed by atoms with Gasteiger partial charge in [-0.25, -0.2) is 4.79 Å². The lowest BCUT2D eigenvalue weighted by Gasteiger charge is -2.32. The lowest BCUT2D eigenvalue weighted by Crippen LogP contribution is -2.39. The number of rotatable bonds is 3. The van der Waals surface area contributed by atoms with Crippen molar-refractivity contribution in [3.8, 4) is 0 Å². The fourth-order valence-corrected chi connectivity index (χ4v) is 2.79. The van der Waals surface area contributed by atoms with Crippen molar-refractivity contribution < 1.29 is 9.53 Å². The van der Waals surface area contributed by atoms with Gasteiger partial charge in [-0.3, -0.25) is 4.90 Å². The Bertz CT molecular complexity index is 548. The Labute approximate surface area is 131 Å². The molecule has 21 heavy (non-hydrogen) atoms. The number of hydrogen-bond acceptors (Lipinski definition) is 2. The Balaban J connectivity index is 2.25. The molecule has 114 valence electrons. The number of carbonyl (C=O) groups excluding carboxylic acids is 1. The predicted octanol–water partition coefficient (Wildman–Crippen LogP) is 4.66. The van der Waals surface area contributed by atoms with Gasteiger partial charge in [0.05, 0.1) is 12.6 Å². The van der Waals surface area contributed by atoms with Crippen LogP contribution in [0.5, 0.6) is 0 Å². The SMILES string of the molecule is C=C(Cl)CN(C(=O)OC(C)(C)C)C1CCc2ccccc21. The zero-order valence-corrected chi connectivity index (χ0v) is 13.6. The van der Waals surface area contributed by atoms with Gasteiger partial charge in [0, 0.05) is 5.03 Å². The van der Waals surface area contributed by atoms with Crippen LogP contribution >= 0.6 is 11.6 Å². The molecule has 1 unspecified atom stereocenters. The van der Waals surface area contributed by atoms with Gasteiger partial charge in [-0.05, 0) is 44.7 Å². The zero-order chi connectivity index (χ0) is 15.6. The molecule has 0 N–H and O–H groups in total. The van der Waals surface area contributed by atoms with Gasteiger partial charge >= 0.3 is 6.09 Å². The van der Waals surface area contributed by atoms with Gasteiger partial charge in [-0.2, -0.15) is 0 Å². The smallest absolute Gasteiger partial charge is 0.411 e. The molecule has 0 saturated carbocycles. The van der Waals surface area contributed by atoms with E-state index in [1.165, 1.54) is 11.1 Å². The molecule has 0 bridgehead atoms. The number of nitrogens with zero attached hydrogens (tertiary/aromatic N) is 1. The summed E-state index contributed by atoms with van der Waals surface area (Å²) in [7, 11) is 0. The van der Waals surface area contributed by atoms with Crippen molar-refractivity contribution in [2.24, 2.45) is 0 Å². The van der Waals surface area contributed by atoms with E-state index in [4.69, 9.17) is 16.3 Å². The molecule has 4 heteroatoms. The van der Waals surface area contributed by atoms with E-state index in [9.17, 15) is 4.79 Å². The summed E-state index contributed by atoms with van der Waals surface area (Å²) in [4.78, 5) is 14.2. The standard InChI is InChI=1S/C17H22ClNO2/c1-12(18)11-19(16(20)21-17(2,3)4)15-10-9-13-7-5-6-8-14(13)15/h5-8,15H,1,9-11H2,2-4H3. The average molecular weight is 308 g/mol. The van der Waals surface area contributed by atoms with E-state index in [2.05, 4.69) is 18.7 Å². The maximum absolute atomic E-state index is 12.5. The van der Waals surface area contributed by atoms with E-state index in [1.54, 1.807) is 4.90 Å². The highest BCUT2D eigenvalue weighted by atomic mass is 35.5. The second kappa shape index (κ2) is 6.10. The summed E-state index contributed by atoms with van der Waals surface area (Å²) in [6, 6.07) is 8.21. The minimum atomic E-state index is -0.527. The third-order valence-corrected chi connectivity index (χ3v) is 3.57. The molecule has 2 rings (SSSR count). The van der Waals surface area contributed by atoms with Crippen LogP contribution in [0.2, 0.25) is 0 Å². The zero-order valence-electron chi connectivity index (χ0n) is 12.9. The average Bonchev–Trinajstić information content (AvgIpc) is 2.77. The first-order chi connectivity index (χ1) is 9.78. The quantitative estimate of drug-likeness (QED) is 0.812. The molecule has 0 saturated heterocycles. The van der Waals surface area contributed by atoms with Crippen molar-refractivity contribution in [1.29, 1.82) is 0 Å². The van der Waals surface area contributed by atoms with Crippen LogP contribution in [-0.2, 0) is 11.2 Å². The van der Waals surface area contributed by atoms with Crippen molar-refractivity contribution in [2.75, 3.05) is 6.54 Å². The molecule has 1 aromatic carbocycles. The van der Waals surface area contributed by atoms with Gasteiger partial charge < -0.3 is 4.74 Å². The van der Waals surface area contributed by atoms with Gasteiger partial charge in [0.25, 0.3) is 0 Å². The second-order valence-corrected chi connectivity index (χ2v) is 6.91. The van der Waals surface area contributed by atoms with E-state index in [1.807, 2.05) is 32.9 Å². The molecule has 1 amide bonds. The Morgan fingerprint density at radius 3 is 2.71 bits per heavy atom. The molecule has 1 aliphatic carbocycles. The van der Waals surface area contributed by atoms with E-state index in [0.29, 0.717) is 11.6 Å². The van der Waals surface area contributed by atoms with E-state index in [-0.39, 0.29) is 12.1 Å². The third kappa shape index (κ3) is 4.01.